The molecule has 5 heteroatoms. The summed E-state index contributed by atoms with van der Waals surface area (Å²) in [5.74, 6) is 0.341. The highest BCUT2D eigenvalue weighted by atomic mass is 16.1. The Morgan fingerprint density at radius 1 is 1.32 bits per heavy atom. The minimum Gasteiger partial charge on any atom is -0.329 e. The van der Waals surface area contributed by atoms with Crippen LogP contribution in [-0.2, 0) is 6.54 Å². The van der Waals surface area contributed by atoms with Gasteiger partial charge in [-0.2, -0.15) is 0 Å². The van der Waals surface area contributed by atoms with Gasteiger partial charge in [0.15, 0.2) is 5.69 Å². The van der Waals surface area contributed by atoms with Crippen molar-refractivity contribution in [2.75, 3.05) is 6.54 Å². The van der Waals surface area contributed by atoms with Gasteiger partial charge in [-0.25, -0.2) is 0 Å². The summed E-state index contributed by atoms with van der Waals surface area (Å²) in [4.78, 5) is 12.2. The average molecular weight is 258 g/mol. The molecule has 0 unspecified atom stereocenters. The summed E-state index contributed by atoms with van der Waals surface area (Å²) in [5.41, 5.74) is 7.62. The van der Waals surface area contributed by atoms with Crippen molar-refractivity contribution in [2.45, 2.75) is 26.3 Å². The molecule has 0 aliphatic rings. The maximum absolute atomic E-state index is 12.2. The van der Waals surface area contributed by atoms with Gasteiger partial charge in [0, 0.05) is 12.1 Å². The number of aromatic nitrogens is 3. The molecule has 0 bridgehead atoms. The van der Waals surface area contributed by atoms with Crippen LogP contribution in [0.4, 0.5) is 0 Å². The van der Waals surface area contributed by atoms with Gasteiger partial charge >= 0.3 is 0 Å². The van der Waals surface area contributed by atoms with Crippen molar-refractivity contribution in [1.82, 2.24) is 15.0 Å². The van der Waals surface area contributed by atoms with Crippen LogP contribution in [-0.4, -0.2) is 27.3 Å². The topological polar surface area (TPSA) is 73.8 Å². The van der Waals surface area contributed by atoms with Crippen molar-refractivity contribution in [1.29, 1.82) is 0 Å². The van der Waals surface area contributed by atoms with Crippen LogP contribution in [0, 0.1) is 0 Å². The molecule has 0 aliphatic heterocycles. The van der Waals surface area contributed by atoms with Crippen molar-refractivity contribution in [3.05, 3.63) is 47.3 Å². The average Bonchev–Trinajstić information content (AvgIpc) is 2.87. The number of carbonyl (C=O) groups is 1. The lowest BCUT2D eigenvalue weighted by Gasteiger charge is -2.05. The molecule has 5 nitrogen and oxygen atoms in total. The van der Waals surface area contributed by atoms with Crippen molar-refractivity contribution in [3.8, 4) is 0 Å². The van der Waals surface area contributed by atoms with Gasteiger partial charge in [0.2, 0.25) is 5.78 Å². The van der Waals surface area contributed by atoms with E-state index in [4.69, 9.17) is 5.73 Å². The number of nitrogens with two attached hydrogens (primary N) is 1. The first kappa shape index (κ1) is 13.4. The SMILES string of the molecule is CC(C)c1ccc(C(=O)c2cn(CCN)nn2)cc1. The molecule has 2 N–H and O–H groups in total. The standard InChI is InChI=1S/C14H18N4O/c1-10(2)11-3-5-12(6-4-11)14(19)13-9-18(8-7-15)17-16-13/h3-6,9-10H,7-8,15H2,1-2H3. The highest BCUT2D eigenvalue weighted by Gasteiger charge is 2.13. The zero-order chi connectivity index (χ0) is 13.8. The van der Waals surface area contributed by atoms with Crippen LogP contribution in [0.2, 0.25) is 0 Å². The lowest BCUT2D eigenvalue weighted by molar-refractivity contribution is 0.103. The van der Waals surface area contributed by atoms with Crippen LogP contribution in [0.5, 0.6) is 0 Å². The molecule has 2 aromatic rings. The predicted octanol–water partition coefficient (Wildman–Crippen LogP) is 1.59. The highest BCUT2D eigenvalue weighted by molar-refractivity contribution is 6.07. The largest absolute Gasteiger partial charge is 0.329 e. The van der Waals surface area contributed by atoms with Crippen LogP contribution in [0.25, 0.3) is 0 Å². The summed E-state index contributed by atoms with van der Waals surface area (Å²) in [7, 11) is 0. The quantitative estimate of drug-likeness (QED) is 0.826. The van der Waals surface area contributed by atoms with Crippen molar-refractivity contribution in [3.63, 3.8) is 0 Å². The first-order valence-corrected chi connectivity index (χ1v) is 6.36. The zero-order valence-corrected chi connectivity index (χ0v) is 11.2. The Morgan fingerprint density at radius 2 is 2.00 bits per heavy atom. The molecule has 100 valence electrons. The molecule has 0 radical (unpaired) electrons. The first-order chi connectivity index (χ1) is 9.11. The summed E-state index contributed by atoms with van der Waals surface area (Å²) >= 11 is 0. The number of carbonyl (C=O) groups excluding carboxylic acids is 1. The third-order valence-corrected chi connectivity index (χ3v) is 2.97. The van der Waals surface area contributed by atoms with Crippen LogP contribution >= 0.6 is 0 Å². The zero-order valence-electron chi connectivity index (χ0n) is 11.2. The van der Waals surface area contributed by atoms with Gasteiger partial charge in [0.1, 0.15) is 0 Å². The van der Waals surface area contributed by atoms with Crippen molar-refractivity contribution >= 4 is 5.78 Å². The maximum Gasteiger partial charge on any atom is 0.214 e. The van der Waals surface area contributed by atoms with Gasteiger partial charge in [-0.1, -0.05) is 43.3 Å². The molecule has 0 saturated carbocycles. The molecular formula is C14H18N4O. The van der Waals surface area contributed by atoms with Crippen LogP contribution in [0.1, 0.15) is 41.4 Å². The fourth-order valence-corrected chi connectivity index (χ4v) is 1.81. The van der Waals surface area contributed by atoms with E-state index in [1.165, 1.54) is 5.56 Å². The smallest absolute Gasteiger partial charge is 0.214 e. The molecular weight excluding hydrogens is 240 g/mol. The second-order valence-corrected chi connectivity index (χ2v) is 4.76. The Bertz CT molecular complexity index is 557. The second kappa shape index (κ2) is 5.75. The number of benzene rings is 1. The molecule has 0 saturated heterocycles. The van der Waals surface area contributed by atoms with Crippen LogP contribution in [0.15, 0.2) is 30.5 Å². The van der Waals surface area contributed by atoms with E-state index in [2.05, 4.69) is 24.2 Å². The highest BCUT2D eigenvalue weighted by Crippen LogP contribution is 2.16. The Morgan fingerprint density at radius 3 is 2.58 bits per heavy atom. The molecule has 0 aliphatic carbocycles. The minimum atomic E-state index is -0.112. The van der Waals surface area contributed by atoms with Crippen LogP contribution in [0.3, 0.4) is 0 Å². The lowest BCUT2D eigenvalue weighted by Crippen LogP contribution is -2.10. The molecule has 1 aromatic heterocycles. The molecule has 19 heavy (non-hydrogen) atoms. The Labute approximate surface area is 112 Å². The summed E-state index contributed by atoms with van der Waals surface area (Å²) in [6.45, 7) is 5.27. The first-order valence-electron chi connectivity index (χ1n) is 6.36. The summed E-state index contributed by atoms with van der Waals surface area (Å²) in [6.07, 6.45) is 1.63. The number of hydrogen-bond acceptors (Lipinski definition) is 4. The number of ketones is 1. The van der Waals surface area contributed by atoms with Crippen molar-refractivity contribution < 1.29 is 4.79 Å². The van der Waals surface area contributed by atoms with E-state index < -0.39 is 0 Å². The fraction of sp³-hybridized carbons (Fsp3) is 0.357. The number of hydrogen-bond donors (Lipinski definition) is 1. The van der Waals surface area contributed by atoms with Gasteiger partial charge in [-0.05, 0) is 11.5 Å². The summed E-state index contributed by atoms with van der Waals surface area (Å²) in [5, 5.41) is 7.74. The van der Waals surface area contributed by atoms with E-state index in [9.17, 15) is 4.79 Å². The van der Waals surface area contributed by atoms with E-state index in [0.29, 0.717) is 30.3 Å². The third-order valence-electron chi connectivity index (χ3n) is 2.97. The Balaban J connectivity index is 2.18. The molecule has 0 atom stereocenters. The lowest BCUT2D eigenvalue weighted by atomic mass is 10.00. The molecule has 0 spiro atoms. The second-order valence-electron chi connectivity index (χ2n) is 4.76. The van der Waals surface area contributed by atoms with E-state index in [1.807, 2.05) is 24.3 Å². The number of nitrogens with zero attached hydrogens (tertiary/aromatic N) is 3. The van der Waals surface area contributed by atoms with Crippen molar-refractivity contribution in [2.24, 2.45) is 5.73 Å². The molecule has 0 fully saturated rings. The molecule has 2 rings (SSSR count). The normalized spacial score (nSPS) is 10.9. The van der Waals surface area contributed by atoms with Crippen LogP contribution < -0.4 is 5.73 Å². The molecule has 1 aromatic carbocycles. The van der Waals surface area contributed by atoms with Gasteiger partial charge in [-0.3, -0.25) is 9.48 Å². The van der Waals surface area contributed by atoms with E-state index in [0.717, 1.165) is 0 Å². The molecule has 0 amide bonds. The van der Waals surface area contributed by atoms with Gasteiger partial charge < -0.3 is 5.73 Å². The van der Waals surface area contributed by atoms with Gasteiger partial charge in [0.05, 0.1) is 12.7 Å². The molecule has 1 heterocycles. The Kier molecular flexibility index (Phi) is 4.06. The maximum atomic E-state index is 12.2. The van der Waals surface area contributed by atoms with E-state index >= 15 is 0 Å². The van der Waals surface area contributed by atoms with E-state index in [1.54, 1.807) is 10.9 Å². The fourth-order valence-electron chi connectivity index (χ4n) is 1.81. The predicted molar refractivity (Wildman–Crippen MR) is 73.0 cm³/mol. The van der Waals surface area contributed by atoms with E-state index in [-0.39, 0.29) is 5.78 Å². The summed E-state index contributed by atoms with van der Waals surface area (Å²) in [6, 6.07) is 7.61. The summed E-state index contributed by atoms with van der Waals surface area (Å²) < 4.78 is 1.58. The van der Waals surface area contributed by atoms with Gasteiger partial charge in [-0.15, -0.1) is 5.10 Å². The third kappa shape index (κ3) is 3.06. The van der Waals surface area contributed by atoms with Gasteiger partial charge in [0.25, 0.3) is 0 Å². The minimum absolute atomic E-state index is 0.112. The monoisotopic (exact) mass is 258 g/mol. The number of rotatable bonds is 5. The Hall–Kier alpha value is -2.01.